The van der Waals surface area contributed by atoms with Crippen molar-refractivity contribution in [3.8, 4) is 5.75 Å². The van der Waals surface area contributed by atoms with Crippen molar-refractivity contribution in [2.75, 3.05) is 12.4 Å². The molecule has 160 valence electrons. The Balaban J connectivity index is 1.54. The maximum absolute atomic E-state index is 12.8. The van der Waals surface area contributed by atoms with E-state index in [1.165, 1.54) is 43.5 Å². The molecule has 2 N–H and O–H groups in total. The molecule has 0 radical (unpaired) electrons. The number of imide groups is 1. The number of phenols is 1. The number of aromatic hydroxyl groups is 1. The fourth-order valence-corrected chi connectivity index (χ4v) is 3.42. The number of nitrogens with zero attached hydrogens (tertiary/aromatic N) is 1. The second kappa shape index (κ2) is 8.35. The van der Waals surface area contributed by atoms with Crippen LogP contribution in [0.1, 0.15) is 47.0 Å². The minimum absolute atomic E-state index is 0.0799. The Kier molecular flexibility index (Phi) is 5.43. The second-order valence-corrected chi connectivity index (χ2v) is 7.12. The van der Waals surface area contributed by atoms with Crippen LogP contribution >= 0.6 is 0 Å². The van der Waals surface area contributed by atoms with E-state index < -0.39 is 23.7 Å². The van der Waals surface area contributed by atoms with E-state index in [-0.39, 0.29) is 40.2 Å². The predicted octanol–water partition coefficient (Wildman–Crippen LogP) is 3.23. The number of benzene rings is 3. The van der Waals surface area contributed by atoms with Crippen LogP contribution in [0.5, 0.6) is 5.75 Å². The molecule has 0 saturated carbocycles. The number of esters is 1. The number of phenolic OH excluding ortho intramolecular Hbond substituents is 1. The predicted molar refractivity (Wildman–Crippen MR) is 114 cm³/mol. The van der Waals surface area contributed by atoms with Crippen molar-refractivity contribution < 1.29 is 29.0 Å². The van der Waals surface area contributed by atoms with Crippen molar-refractivity contribution in [1.82, 2.24) is 4.90 Å². The summed E-state index contributed by atoms with van der Waals surface area (Å²) in [5.74, 6) is -2.43. The molecule has 3 aromatic carbocycles. The molecule has 0 unspecified atom stereocenters. The van der Waals surface area contributed by atoms with Gasteiger partial charge in [0.05, 0.1) is 36.0 Å². The number of fused-ring (bicyclic) bond motifs is 1. The van der Waals surface area contributed by atoms with Gasteiger partial charge in [-0.15, -0.1) is 0 Å². The Labute approximate surface area is 183 Å². The molecule has 0 saturated heterocycles. The van der Waals surface area contributed by atoms with E-state index in [2.05, 4.69) is 10.1 Å². The lowest BCUT2D eigenvalue weighted by atomic mass is 10.1. The molecular weight excluding hydrogens is 412 g/mol. The molecule has 0 spiro atoms. The van der Waals surface area contributed by atoms with E-state index in [9.17, 15) is 24.3 Å². The lowest BCUT2D eigenvalue weighted by Gasteiger charge is -2.13. The van der Waals surface area contributed by atoms with Crippen LogP contribution in [0.2, 0.25) is 0 Å². The lowest BCUT2D eigenvalue weighted by Crippen LogP contribution is -2.29. The Morgan fingerprint density at radius 3 is 2.28 bits per heavy atom. The summed E-state index contributed by atoms with van der Waals surface area (Å²) >= 11 is 0. The molecule has 0 bridgehead atoms. The zero-order chi connectivity index (χ0) is 22.8. The third kappa shape index (κ3) is 3.81. The van der Waals surface area contributed by atoms with Crippen LogP contribution in [0.3, 0.4) is 0 Å². The average molecular weight is 430 g/mol. The second-order valence-electron chi connectivity index (χ2n) is 7.12. The molecule has 1 aliphatic heterocycles. The number of nitrogens with one attached hydrogen (secondary N) is 1. The molecule has 0 aliphatic carbocycles. The third-order valence-corrected chi connectivity index (χ3v) is 5.08. The SMILES string of the molecule is COC(=O)c1ccc(NC(=O)c2ccc3c(c2)C(=O)N(Cc2ccccc2)C3=O)c(O)c1. The summed E-state index contributed by atoms with van der Waals surface area (Å²) in [6, 6.07) is 17.3. The number of rotatable bonds is 5. The standard InChI is InChI=1S/C24H18N2O6/c1-32-24(31)16-8-10-19(20(27)12-16)25-21(28)15-7-9-17-18(11-15)23(30)26(22(17)29)13-14-5-3-2-4-6-14/h2-12,27H,13H2,1H3,(H,25,28). The van der Waals surface area contributed by atoms with Crippen molar-refractivity contribution in [1.29, 1.82) is 0 Å². The summed E-state index contributed by atoms with van der Waals surface area (Å²) in [6.45, 7) is 0.134. The molecule has 1 aliphatic rings. The molecule has 0 atom stereocenters. The first-order chi connectivity index (χ1) is 15.4. The Morgan fingerprint density at radius 1 is 0.906 bits per heavy atom. The van der Waals surface area contributed by atoms with Gasteiger partial charge in [0.15, 0.2) is 0 Å². The van der Waals surface area contributed by atoms with E-state index in [1.807, 2.05) is 30.3 Å². The first-order valence-electron chi connectivity index (χ1n) is 9.66. The number of anilines is 1. The minimum atomic E-state index is -0.625. The quantitative estimate of drug-likeness (QED) is 0.365. The van der Waals surface area contributed by atoms with Crippen LogP contribution in [0.25, 0.3) is 0 Å². The van der Waals surface area contributed by atoms with Gasteiger partial charge in [-0.05, 0) is 42.0 Å². The fourth-order valence-electron chi connectivity index (χ4n) is 3.42. The molecule has 1 heterocycles. The van der Waals surface area contributed by atoms with E-state index in [0.29, 0.717) is 0 Å². The summed E-state index contributed by atoms with van der Waals surface area (Å²) in [6.07, 6.45) is 0. The molecule has 3 aromatic rings. The normalized spacial score (nSPS) is 12.5. The van der Waals surface area contributed by atoms with E-state index in [4.69, 9.17) is 0 Å². The number of carbonyl (C=O) groups is 4. The largest absolute Gasteiger partial charge is 0.506 e. The Hall–Kier alpha value is -4.46. The highest BCUT2D eigenvalue weighted by Crippen LogP contribution is 2.28. The van der Waals surface area contributed by atoms with Gasteiger partial charge >= 0.3 is 5.97 Å². The van der Waals surface area contributed by atoms with E-state index >= 15 is 0 Å². The number of hydrogen-bond donors (Lipinski definition) is 2. The van der Waals surface area contributed by atoms with Crippen LogP contribution in [-0.2, 0) is 11.3 Å². The average Bonchev–Trinajstić information content (AvgIpc) is 3.04. The molecule has 8 heteroatoms. The maximum atomic E-state index is 12.8. The molecular formula is C24H18N2O6. The van der Waals surface area contributed by atoms with Gasteiger partial charge in [0.2, 0.25) is 0 Å². The Morgan fingerprint density at radius 2 is 1.59 bits per heavy atom. The summed E-state index contributed by atoms with van der Waals surface area (Å²) in [7, 11) is 1.22. The van der Waals surface area contributed by atoms with Gasteiger partial charge in [-0.3, -0.25) is 19.3 Å². The van der Waals surface area contributed by atoms with Gasteiger partial charge in [-0.1, -0.05) is 30.3 Å². The number of amides is 3. The molecule has 8 nitrogen and oxygen atoms in total. The van der Waals surface area contributed by atoms with Crippen LogP contribution in [0.4, 0.5) is 5.69 Å². The maximum Gasteiger partial charge on any atom is 0.337 e. The zero-order valence-electron chi connectivity index (χ0n) is 17.0. The zero-order valence-corrected chi connectivity index (χ0v) is 17.0. The van der Waals surface area contributed by atoms with E-state index in [1.54, 1.807) is 0 Å². The van der Waals surface area contributed by atoms with Gasteiger partial charge in [0, 0.05) is 5.56 Å². The number of hydrogen-bond acceptors (Lipinski definition) is 6. The van der Waals surface area contributed by atoms with Crippen molar-refractivity contribution in [3.05, 3.63) is 94.5 Å². The first-order valence-corrected chi connectivity index (χ1v) is 9.66. The monoisotopic (exact) mass is 430 g/mol. The summed E-state index contributed by atoms with van der Waals surface area (Å²) in [4.78, 5) is 50.9. The van der Waals surface area contributed by atoms with Crippen molar-refractivity contribution in [2.24, 2.45) is 0 Å². The molecule has 3 amide bonds. The molecule has 32 heavy (non-hydrogen) atoms. The Bertz CT molecular complexity index is 1250. The van der Waals surface area contributed by atoms with Crippen molar-refractivity contribution in [2.45, 2.75) is 6.54 Å². The third-order valence-electron chi connectivity index (χ3n) is 5.08. The summed E-state index contributed by atoms with van der Waals surface area (Å²) < 4.78 is 4.59. The molecule has 0 fully saturated rings. The van der Waals surface area contributed by atoms with Crippen LogP contribution in [0.15, 0.2) is 66.7 Å². The number of ether oxygens (including phenoxy) is 1. The summed E-state index contributed by atoms with van der Waals surface area (Å²) in [5.41, 5.74) is 1.53. The van der Waals surface area contributed by atoms with Crippen LogP contribution < -0.4 is 5.32 Å². The van der Waals surface area contributed by atoms with Gasteiger partial charge in [-0.25, -0.2) is 4.79 Å². The highest BCUT2D eigenvalue weighted by Gasteiger charge is 2.36. The highest BCUT2D eigenvalue weighted by molar-refractivity contribution is 6.22. The minimum Gasteiger partial charge on any atom is -0.506 e. The van der Waals surface area contributed by atoms with Gasteiger partial charge in [-0.2, -0.15) is 0 Å². The highest BCUT2D eigenvalue weighted by atomic mass is 16.5. The van der Waals surface area contributed by atoms with Crippen LogP contribution in [0, 0.1) is 0 Å². The van der Waals surface area contributed by atoms with Crippen molar-refractivity contribution >= 4 is 29.4 Å². The van der Waals surface area contributed by atoms with Gasteiger partial charge in [0.1, 0.15) is 5.75 Å². The molecule has 0 aromatic heterocycles. The topological polar surface area (TPSA) is 113 Å². The van der Waals surface area contributed by atoms with Crippen molar-refractivity contribution in [3.63, 3.8) is 0 Å². The van der Waals surface area contributed by atoms with Crippen LogP contribution in [-0.4, -0.2) is 40.8 Å². The molecule has 4 rings (SSSR count). The lowest BCUT2D eigenvalue weighted by molar-refractivity contribution is 0.0597. The number of methoxy groups -OCH3 is 1. The summed E-state index contributed by atoms with van der Waals surface area (Å²) in [5, 5.41) is 12.6. The van der Waals surface area contributed by atoms with Gasteiger partial charge < -0.3 is 15.2 Å². The first kappa shape index (κ1) is 20.8. The fraction of sp³-hybridized carbons (Fsp3) is 0.0833. The smallest absolute Gasteiger partial charge is 0.337 e. The number of carbonyl (C=O) groups excluding carboxylic acids is 4. The van der Waals surface area contributed by atoms with E-state index in [0.717, 1.165) is 10.5 Å². The van der Waals surface area contributed by atoms with Gasteiger partial charge in [0.25, 0.3) is 17.7 Å².